The number of aromatic nitrogens is 1. The molecule has 1 heterocycles. The van der Waals surface area contributed by atoms with E-state index >= 15 is 0 Å². The van der Waals surface area contributed by atoms with E-state index in [1.54, 1.807) is 24.2 Å². The van der Waals surface area contributed by atoms with Crippen LogP contribution in [-0.2, 0) is 4.79 Å². The van der Waals surface area contributed by atoms with Gasteiger partial charge in [-0.2, -0.15) is 0 Å². The summed E-state index contributed by atoms with van der Waals surface area (Å²) in [4.78, 5) is 16.6. The van der Waals surface area contributed by atoms with Crippen molar-refractivity contribution < 1.29 is 4.79 Å². The lowest BCUT2D eigenvalue weighted by molar-refractivity contribution is -0.123. The van der Waals surface area contributed by atoms with Gasteiger partial charge in [0, 0.05) is 22.7 Å². The highest BCUT2D eigenvalue weighted by Crippen LogP contribution is 2.22. The molecule has 0 saturated heterocycles. The molecule has 1 aromatic rings. The Kier molecular flexibility index (Phi) is 3.69. The van der Waals surface area contributed by atoms with Crippen molar-refractivity contribution >= 4 is 17.5 Å². The second-order valence-electron chi connectivity index (χ2n) is 4.14. The van der Waals surface area contributed by atoms with Crippen molar-refractivity contribution in [3.8, 4) is 0 Å². The summed E-state index contributed by atoms with van der Waals surface area (Å²) in [5, 5.41) is 0. The first-order valence-corrected chi connectivity index (χ1v) is 5.55. The van der Waals surface area contributed by atoms with Gasteiger partial charge < -0.3 is 0 Å². The fourth-order valence-electron chi connectivity index (χ4n) is 0.800. The van der Waals surface area contributed by atoms with Gasteiger partial charge >= 0.3 is 0 Å². The quantitative estimate of drug-likeness (QED) is 0.717. The van der Waals surface area contributed by atoms with Gasteiger partial charge in [0.15, 0.2) is 0 Å². The zero-order valence-corrected chi connectivity index (χ0v) is 9.60. The predicted molar refractivity (Wildman–Crippen MR) is 59.4 cm³/mol. The van der Waals surface area contributed by atoms with E-state index < -0.39 is 0 Å². The average Bonchev–Trinajstić information content (AvgIpc) is 2.14. The van der Waals surface area contributed by atoms with E-state index in [4.69, 9.17) is 0 Å². The first-order valence-electron chi connectivity index (χ1n) is 4.56. The normalized spacial score (nSPS) is 11.4. The zero-order chi connectivity index (χ0) is 10.6. The Balaban J connectivity index is 2.46. The summed E-state index contributed by atoms with van der Waals surface area (Å²) in [6, 6.07) is 3.83. The van der Waals surface area contributed by atoms with E-state index in [-0.39, 0.29) is 11.2 Å². The average molecular weight is 209 g/mol. The van der Waals surface area contributed by atoms with Gasteiger partial charge in [0.25, 0.3) is 0 Å². The number of pyridine rings is 1. The molecule has 0 radical (unpaired) electrons. The van der Waals surface area contributed by atoms with E-state index in [0.29, 0.717) is 5.75 Å². The summed E-state index contributed by atoms with van der Waals surface area (Å²) in [5.41, 5.74) is -0.236. The summed E-state index contributed by atoms with van der Waals surface area (Å²) in [5.74, 6) is 0.812. The number of Topliss-reactive ketones (excluding diaryl/α,β-unsaturated/α-hetero) is 1. The van der Waals surface area contributed by atoms with Crippen LogP contribution in [-0.4, -0.2) is 16.5 Å². The molecule has 2 nitrogen and oxygen atoms in total. The maximum absolute atomic E-state index is 11.6. The molecule has 0 saturated carbocycles. The van der Waals surface area contributed by atoms with Gasteiger partial charge in [-0.1, -0.05) is 20.8 Å². The van der Waals surface area contributed by atoms with Crippen molar-refractivity contribution in [3.63, 3.8) is 0 Å². The third kappa shape index (κ3) is 3.50. The molecule has 0 spiro atoms. The number of carbonyl (C=O) groups is 1. The van der Waals surface area contributed by atoms with Gasteiger partial charge in [-0.15, -0.1) is 11.8 Å². The SMILES string of the molecule is CC(C)(C)C(=O)CSc1ccncc1. The van der Waals surface area contributed by atoms with Gasteiger partial charge in [-0.3, -0.25) is 9.78 Å². The molecule has 0 N–H and O–H groups in total. The number of rotatable bonds is 3. The maximum atomic E-state index is 11.6. The lowest BCUT2D eigenvalue weighted by Crippen LogP contribution is -2.21. The van der Waals surface area contributed by atoms with Crippen LogP contribution in [0.4, 0.5) is 0 Å². The number of hydrogen-bond acceptors (Lipinski definition) is 3. The minimum atomic E-state index is -0.236. The van der Waals surface area contributed by atoms with E-state index in [2.05, 4.69) is 4.98 Å². The van der Waals surface area contributed by atoms with E-state index in [1.165, 1.54) is 0 Å². The number of ketones is 1. The van der Waals surface area contributed by atoms with Gasteiger partial charge in [0.1, 0.15) is 5.78 Å². The minimum Gasteiger partial charge on any atom is -0.298 e. The molecule has 0 unspecified atom stereocenters. The van der Waals surface area contributed by atoms with Crippen LogP contribution in [0.25, 0.3) is 0 Å². The van der Waals surface area contributed by atoms with Crippen molar-refractivity contribution in [2.24, 2.45) is 5.41 Å². The molecular weight excluding hydrogens is 194 g/mol. The first kappa shape index (κ1) is 11.2. The summed E-state index contributed by atoms with van der Waals surface area (Å²) >= 11 is 1.57. The molecule has 0 aliphatic rings. The van der Waals surface area contributed by atoms with Crippen LogP contribution in [0.3, 0.4) is 0 Å². The van der Waals surface area contributed by atoms with Crippen molar-refractivity contribution in [1.29, 1.82) is 0 Å². The van der Waals surface area contributed by atoms with E-state index in [9.17, 15) is 4.79 Å². The van der Waals surface area contributed by atoms with Crippen LogP contribution in [0.1, 0.15) is 20.8 Å². The molecule has 0 atom stereocenters. The topological polar surface area (TPSA) is 30.0 Å². The standard InChI is InChI=1S/C11H15NOS/c1-11(2,3)10(13)8-14-9-4-6-12-7-5-9/h4-7H,8H2,1-3H3. The second-order valence-corrected chi connectivity index (χ2v) is 5.19. The Morgan fingerprint density at radius 2 is 1.93 bits per heavy atom. The Hall–Kier alpha value is -0.830. The van der Waals surface area contributed by atoms with Crippen molar-refractivity contribution in [2.75, 3.05) is 5.75 Å². The molecule has 0 aliphatic carbocycles. The zero-order valence-electron chi connectivity index (χ0n) is 8.78. The van der Waals surface area contributed by atoms with Gasteiger partial charge in [0.2, 0.25) is 0 Å². The van der Waals surface area contributed by atoms with E-state index in [1.807, 2.05) is 32.9 Å². The number of carbonyl (C=O) groups excluding carboxylic acids is 1. The minimum absolute atomic E-state index is 0.236. The van der Waals surface area contributed by atoms with Crippen molar-refractivity contribution in [2.45, 2.75) is 25.7 Å². The number of hydrogen-bond donors (Lipinski definition) is 0. The van der Waals surface area contributed by atoms with Gasteiger partial charge in [-0.05, 0) is 12.1 Å². The highest BCUT2D eigenvalue weighted by Gasteiger charge is 2.20. The largest absolute Gasteiger partial charge is 0.298 e. The summed E-state index contributed by atoms with van der Waals surface area (Å²) < 4.78 is 0. The summed E-state index contributed by atoms with van der Waals surface area (Å²) in [6.07, 6.45) is 3.48. The van der Waals surface area contributed by atoms with Crippen LogP contribution < -0.4 is 0 Å². The van der Waals surface area contributed by atoms with Crippen LogP contribution in [0.15, 0.2) is 29.4 Å². The molecular formula is C11H15NOS. The summed E-state index contributed by atoms with van der Waals surface area (Å²) in [6.45, 7) is 5.84. The predicted octanol–water partition coefficient (Wildman–Crippen LogP) is 2.79. The molecule has 0 fully saturated rings. The lowest BCUT2D eigenvalue weighted by atomic mass is 9.92. The molecule has 0 bridgehead atoms. The fourth-order valence-corrected chi connectivity index (χ4v) is 1.84. The van der Waals surface area contributed by atoms with Crippen molar-refractivity contribution in [3.05, 3.63) is 24.5 Å². The third-order valence-corrected chi connectivity index (χ3v) is 2.87. The van der Waals surface area contributed by atoms with Crippen LogP contribution in [0.5, 0.6) is 0 Å². The smallest absolute Gasteiger partial charge is 0.148 e. The Labute approximate surface area is 89.1 Å². The molecule has 3 heteroatoms. The molecule has 76 valence electrons. The third-order valence-electron chi connectivity index (χ3n) is 1.86. The van der Waals surface area contributed by atoms with Gasteiger partial charge in [0.05, 0.1) is 5.75 Å². The highest BCUT2D eigenvalue weighted by molar-refractivity contribution is 8.00. The molecule has 0 aromatic carbocycles. The first-order chi connectivity index (χ1) is 6.50. The van der Waals surface area contributed by atoms with Crippen molar-refractivity contribution in [1.82, 2.24) is 4.98 Å². The van der Waals surface area contributed by atoms with Crippen LogP contribution in [0, 0.1) is 5.41 Å². The second kappa shape index (κ2) is 4.60. The van der Waals surface area contributed by atoms with Gasteiger partial charge in [-0.25, -0.2) is 0 Å². The Bertz CT molecular complexity index is 303. The molecule has 0 amide bonds. The highest BCUT2D eigenvalue weighted by atomic mass is 32.2. The molecule has 14 heavy (non-hydrogen) atoms. The Morgan fingerprint density at radius 1 is 1.36 bits per heavy atom. The Morgan fingerprint density at radius 3 is 2.43 bits per heavy atom. The molecule has 1 aromatic heterocycles. The van der Waals surface area contributed by atoms with Crippen LogP contribution >= 0.6 is 11.8 Å². The van der Waals surface area contributed by atoms with Crippen LogP contribution in [0.2, 0.25) is 0 Å². The lowest BCUT2D eigenvalue weighted by Gasteiger charge is -2.15. The fraction of sp³-hybridized carbons (Fsp3) is 0.455. The molecule has 1 rings (SSSR count). The summed E-state index contributed by atoms with van der Waals surface area (Å²) in [7, 11) is 0. The number of thioether (sulfide) groups is 1. The monoisotopic (exact) mass is 209 g/mol. The number of nitrogens with zero attached hydrogens (tertiary/aromatic N) is 1. The molecule has 0 aliphatic heterocycles. The maximum Gasteiger partial charge on any atom is 0.148 e. The van der Waals surface area contributed by atoms with E-state index in [0.717, 1.165) is 4.90 Å².